The molecule has 1 aromatic carbocycles. The van der Waals surface area contributed by atoms with Gasteiger partial charge in [0, 0.05) is 18.0 Å². The second kappa shape index (κ2) is 10.3. The van der Waals surface area contributed by atoms with Crippen molar-refractivity contribution in [2.24, 2.45) is 0 Å². The summed E-state index contributed by atoms with van der Waals surface area (Å²) in [5.74, 6) is -1.53. The number of carboxylic acids is 1. The summed E-state index contributed by atoms with van der Waals surface area (Å²) in [6.45, 7) is -0.435. The van der Waals surface area contributed by atoms with Gasteiger partial charge in [0.25, 0.3) is 0 Å². The van der Waals surface area contributed by atoms with Crippen LogP contribution in [-0.4, -0.2) is 49.7 Å². The lowest BCUT2D eigenvalue weighted by molar-refractivity contribution is -0.137. The molecule has 1 unspecified atom stereocenters. The predicted octanol–water partition coefficient (Wildman–Crippen LogP) is 0.740. The van der Waals surface area contributed by atoms with Crippen LogP contribution in [0.2, 0.25) is 5.02 Å². The van der Waals surface area contributed by atoms with Crippen LogP contribution in [0.15, 0.2) is 29.2 Å². The van der Waals surface area contributed by atoms with Gasteiger partial charge in [-0.15, -0.1) is 0 Å². The molecule has 0 aliphatic carbocycles. The summed E-state index contributed by atoms with van der Waals surface area (Å²) in [5, 5.41) is 20.7. The molecule has 0 saturated carbocycles. The smallest absolute Gasteiger partial charge is 0.303 e. The summed E-state index contributed by atoms with van der Waals surface area (Å²) in [6.07, 6.45) is 1.74. The number of hydrogen-bond acceptors (Lipinski definition) is 5. The minimum atomic E-state index is -3.98. The molecule has 0 aliphatic heterocycles. The molecular weight excluding hydrogens is 372 g/mol. The normalized spacial score (nSPS) is 12.6. The fourth-order valence-corrected chi connectivity index (χ4v) is 3.27. The summed E-state index contributed by atoms with van der Waals surface area (Å²) in [4.78, 5) is 22.3. The highest BCUT2D eigenvalue weighted by Gasteiger charge is 2.24. The number of rotatable bonds is 11. The number of carboxylic acid groups (broad SMARTS) is 1. The molecule has 0 saturated heterocycles. The van der Waals surface area contributed by atoms with Gasteiger partial charge in [0.05, 0.1) is 11.5 Å². The topological polar surface area (TPSA) is 133 Å². The van der Waals surface area contributed by atoms with Gasteiger partial charge < -0.3 is 15.5 Å². The van der Waals surface area contributed by atoms with Crippen molar-refractivity contribution < 1.29 is 28.2 Å². The lowest BCUT2D eigenvalue weighted by Gasteiger charge is -2.16. The van der Waals surface area contributed by atoms with Gasteiger partial charge in [0.15, 0.2) is 0 Å². The van der Waals surface area contributed by atoms with E-state index in [0.717, 1.165) is 0 Å². The minimum Gasteiger partial charge on any atom is -0.481 e. The maximum absolute atomic E-state index is 12.2. The third kappa shape index (κ3) is 7.82. The lowest BCUT2D eigenvalue weighted by Crippen LogP contribution is -2.49. The van der Waals surface area contributed by atoms with Crippen LogP contribution in [0.1, 0.15) is 25.7 Å². The molecule has 0 aliphatic rings. The highest BCUT2D eigenvalue weighted by molar-refractivity contribution is 7.89. The summed E-state index contributed by atoms with van der Waals surface area (Å²) < 4.78 is 26.5. The Balaban J connectivity index is 2.50. The number of carbonyl (C=O) groups is 2. The van der Waals surface area contributed by atoms with Crippen LogP contribution in [-0.2, 0) is 19.6 Å². The number of hydrogen-bond donors (Lipinski definition) is 4. The van der Waals surface area contributed by atoms with E-state index >= 15 is 0 Å². The largest absolute Gasteiger partial charge is 0.481 e. The van der Waals surface area contributed by atoms with Crippen LogP contribution >= 0.6 is 11.6 Å². The number of benzene rings is 1. The molecule has 0 radical (unpaired) electrons. The molecule has 0 fully saturated rings. The highest BCUT2D eigenvalue weighted by Crippen LogP contribution is 2.14. The fraction of sp³-hybridized carbons (Fsp3) is 0.467. The third-order valence-electron chi connectivity index (χ3n) is 3.29. The van der Waals surface area contributed by atoms with E-state index in [2.05, 4.69) is 10.0 Å². The first-order valence-electron chi connectivity index (χ1n) is 7.64. The number of aliphatic carboxylic acids is 1. The Kier molecular flexibility index (Phi) is 8.84. The molecule has 1 amide bonds. The second-order valence-corrected chi connectivity index (χ2v) is 7.46. The van der Waals surface area contributed by atoms with Crippen LogP contribution < -0.4 is 10.0 Å². The first-order chi connectivity index (χ1) is 11.8. The Morgan fingerprint density at radius 2 is 1.76 bits per heavy atom. The molecule has 0 spiro atoms. The SMILES string of the molecule is O=C(O)CCCCCNC(=O)C(CO)NS(=O)(=O)c1ccc(Cl)cc1. The number of unbranched alkanes of at least 4 members (excludes halogenated alkanes) is 2. The standard InChI is InChI=1S/C15H21ClN2O6S/c16-11-5-7-12(8-6-11)25(23,24)18-13(10-19)15(22)17-9-3-1-2-4-14(20)21/h5-8,13,18-19H,1-4,9-10H2,(H,17,22)(H,20,21). The average molecular weight is 393 g/mol. The Morgan fingerprint density at radius 3 is 2.32 bits per heavy atom. The maximum atomic E-state index is 12.2. The molecule has 1 rings (SSSR count). The van der Waals surface area contributed by atoms with Gasteiger partial charge in [0.2, 0.25) is 15.9 Å². The number of amides is 1. The van der Waals surface area contributed by atoms with Gasteiger partial charge in [-0.25, -0.2) is 8.42 Å². The number of aliphatic hydroxyl groups is 1. The zero-order chi connectivity index (χ0) is 18.9. The van der Waals surface area contributed by atoms with Crippen molar-refractivity contribution in [2.75, 3.05) is 13.2 Å². The number of halogens is 1. The van der Waals surface area contributed by atoms with Gasteiger partial charge >= 0.3 is 5.97 Å². The zero-order valence-corrected chi connectivity index (χ0v) is 15.0. The molecule has 4 N–H and O–H groups in total. The number of carbonyl (C=O) groups excluding carboxylic acids is 1. The quantitative estimate of drug-likeness (QED) is 0.410. The van der Waals surface area contributed by atoms with Crippen LogP contribution in [0.5, 0.6) is 0 Å². The monoisotopic (exact) mass is 392 g/mol. The van der Waals surface area contributed by atoms with Gasteiger partial charge in [-0.1, -0.05) is 18.0 Å². The van der Waals surface area contributed by atoms with E-state index in [1.807, 2.05) is 0 Å². The van der Waals surface area contributed by atoms with Gasteiger partial charge in [-0.05, 0) is 37.1 Å². The second-order valence-electron chi connectivity index (χ2n) is 5.31. The van der Waals surface area contributed by atoms with Crippen molar-refractivity contribution in [3.63, 3.8) is 0 Å². The first-order valence-corrected chi connectivity index (χ1v) is 9.50. The average Bonchev–Trinajstić information content (AvgIpc) is 2.55. The van der Waals surface area contributed by atoms with Crippen LogP contribution in [0, 0.1) is 0 Å². The maximum Gasteiger partial charge on any atom is 0.303 e. The summed E-state index contributed by atoms with van der Waals surface area (Å²) >= 11 is 5.70. The van der Waals surface area contributed by atoms with E-state index < -0.39 is 34.5 Å². The van der Waals surface area contributed by atoms with Gasteiger partial charge in [-0.3, -0.25) is 9.59 Å². The van der Waals surface area contributed by atoms with Gasteiger partial charge in [-0.2, -0.15) is 4.72 Å². The highest BCUT2D eigenvalue weighted by atomic mass is 35.5. The van der Waals surface area contributed by atoms with Crippen molar-refractivity contribution in [3.05, 3.63) is 29.3 Å². The molecule has 1 aromatic rings. The molecule has 0 heterocycles. The van der Waals surface area contributed by atoms with E-state index in [1.54, 1.807) is 0 Å². The molecule has 8 nitrogen and oxygen atoms in total. The van der Waals surface area contributed by atoms with E-state index in [0.29, 0.717) is 24.3 Å². The van der Waals surface area contributed by atoms with E-state index in [-0.39, 0.29) is 17.9 Å². The Bertz CT molecular complexity index is 678. The van der Waals surface area contributed by atoms with E-state index in [9.17, 15) is 23.1 Å². The van der Waals surface area contributed by atoms with Gasteiger partial charge in [0.1, 0.15) is 6.04 Å². The summed E-state index contributed by atoms with van der Waals surface area (Å²) in [6, 6.07) is 4.07. The number of sulfonamides is 1. The van der Waals surface area contributed by atoms with Crippen molar-refractivity contribution in [1.29, 1.82) is 0 Å². The fourth-order valence-electron chi connectivity index (χ4n) is 1.96. The van der Waals surface area contributed by atoms with Crippen LogP contribution in [0.25, 0.3) is 0 Å². The van der Waals surface area contributed by atoms with Crippen molar-refractivity contribution in [1.82, 2.24) is 10.0 Å². The lowest BCUT2D eigenvalue weighted by atomic mass is 10.2. The summed E-state index contributed by atoms with van der Waals surface area (Å²) in [5.41, 5.74) is 0. The molecule has 0 aromatic heterocycles. The van der Waals surface area contributed by atoms with Crippen LogP contribution in [0.4, 0.5) is 0 Å². The molecule has 0 bridgehead atoms. The Morgan fingerprint density at radius 1 is 1.12 bits per heavy atom. The summed E-state index contributed by atoms with van der Waals surface area (Å²) in [7, 11) is -3.98. The number of aliphatic hydroxyl groups excluding tert-OH is 1. The molecule has 140 valence electrons. The predicted molar refractivity (Wildman–Crippen MR) is 91.8 cm³/mol. The molecule has 1 atom stereocenters. The van der Waals surface area contributed by atoms with Crippen LogP contribution in [0.3, 0.4) is 0 Å². The number of nitrogens with one attached hydrogen (secondary N) is 2. The zero-order valence-electron chi connectivity index (χ0n) is 13.4. The van der Waals surface area contributed by atoms with E-state index in [4.69, 9.17) is 16.7 Å². The Hall–Kier alpha value is -1.68. The van der Waals surface area contributed by atoms with Crippen molar-refractivity contribution in [2.45, 2.75) is 36.6 Å². The molecular formula is C15H21ClN2O6S. The van der Waals surface area contributed by atoms with Crippen molar-refractivity contribution >= 4 is 33.5 Å². The molecule has 10 heteroatoms. The molecule has 25 heavy (non-hydrogen) atoms. The Labute approximate surface area is 151 Å². The minimum absolute atomic E-state index is 0.0636. The third-order valence-corrected chi connectivity index (χ3v) is 5.03. The first kappa shape index (κ1) is 21.4. The van der Waals surface area contributed by atoms with Crippen molar-refractivity contribution in [3.8, 4) is 0 Å². The van der Waals surface area contributed by atoms with E-state index in [1.165, 1.54) is 24.3 Å².